The fourth-order valence-corrected chi connectivity index (χ4v) is 3.40. The molecule has 6 heteroatoms. The molecule has 0 spiro atoms. The zero-order valence-electron chi connectivity index (χ0n) is 16.4. The lowest BCUT2D eigenvalue weighted by molar-refractivity contribution is -0.142. The summed E-state index contributed by atoms with van der Waals surface area (Å²) in [6, 6.07) is 11.8. The van der Waals surface area contributed by atoms with E-state index in [0.717, 1.165) is 29.8 Å². The van der Waals surface area contributed by atoms with E-state index in [-0.39, 0.29) is 37.7 Å². The lowest BCUT2D eigenvalue weighted by Gasteiger charge is -2.08. The van der Waals surface area contributed by atoms with E-state index in [1.54, 1.807) is 0 Å². The molecule has 2 aromatic rings. The summed E-state index contributed by atoms with van der Waals surface area (Å²) in [4.78, 5) is 36.1. The first-order valence-corrected chi connectivity index (χ1v) is 9.63. The highest BCUT2D eigenvalue weighted by molar-refractivity contribution is 5.99. The number of esters is 1. The number of nitrogens with one attached hydrogen (secondary N) is 1. The molecule has 0 bridgehead atoms. The Bertz CT molecular complexity index is 866. The van der Waals surface area contributed by atoms with Crippen molar-refractivity contribution in [1.82, 2.24) is 9.88 Å². The molecule has 0 atom stereocenters. The van der Waals surface area contributed by atoms with Gasteiger partial charge in [0.25, 0.3) is 0 Å². The summed E-state index contributed by atoms with van der Waals surface area (Å²) in [5.41, 5.74) is 3.54. The molecular formula is C22H26N2O4. The Kier molecular flexibility index (Phi) is 6.29. The highest BCUT2D eigenvalue weighted by atomic mass is 16.5. The summed E-state index contributed by atoms with van der Waals surface area (Å²) in [7, 11) is 0. The zero-order valence-corrected chi connectivity index (χ0v) is 16.4. The van der Waals surface area contributed by atoms with Crippen molar-refractivity contribution in [3.8, 4) is 0 Å². The molecule has 1 amide bonds. The van der Waals surface area contributed by atoms with Gasteiger partial charge in [-0.2, -0.15) is 0 Å². The standard InChI is InChI=1S/C22H26N2O4/c1-15-12-19(16(2)24(15)18-8-9-18)20(25)14-28-22(27)10-11-23-21(26)13-17-6-4-3-5-7-17/h3-7,12,18H,8-11,13-14H2,1-2H3,(H,23,26). The van der Waals surface area contributed by atoms with E-state index in [0.29, 0.717) is 11.6 Å². The number of amides is 1. The van der Waals surface area contributed by atoms with Gasteiger partial charge in [0.05, 0.1) is 12.8 Å². The summed E-state index contributed by atoms with van der Waals surface area (Å²) < 4.78 is 7.28. The van der Waals surface area contributed by atoms with Crippen molar-refractivity contribution in [1.29, 1.82) is 0 Å². The normalized spacial score (nSPS) is 13.2. The Hall–Kier alpha value is -2.89. The highest BCUT2D eigenvalue weighted by Crippen LogP contribution is 2.38. The summed E-state index contributed by atoms with van der Waals surface area (Å²) in [5.74, 6) is -0.839. The van der Waals surface area contributed by atoms with Crippen LogP contribution in [0.15, 0.2) is 36.4 Å². The van der Waals surface area contributed by atoms with Gasteiger partial charge in [-0.15, -0.1) is 0 Å². The van der Waals surface area contributed by atoms with Crippen LogP contribution in [0.2, 0.25) is 0 Å². The van der Waals surface area contributed by atoms with Crippen LogP contribution in [-0.4, -0.2) is 35.4 Å². The fourth-order valence-electron chi connectivity index (χ4n) is 3.40. The van der Waals surface area contributed by atoms with Gasteiger partial charge >= 0.3 is 5.97 Å². The maximum Gasteiger partial charge on any atom is 0.308 e. The average molecular weight is 382 g/mol. The van der Waals surface area contributed by atoms with E-state index in [1.165, 1.54) is 0 Å². The predicted octanol–water partition coefficient (Wildman–Crippen LogP) is 2.91. The van der Waals surface area contributed by atoms with Crippen molar-refractivity contribution in [2.24, 2.45) is 0 Å². The molecule has 0 aliphatic heterocycles. The SMILES string of the molecule is Cc1cc(C(=O)COC(=O)CCNC(=O)Cc2ccccc2)c(C)n1C1CC1. The van der Waals surface area contributed by atoms with Gasteiger partial charge in [-0.1, -0.05) is 30.3 Å². The van der Waals surface area contributed by atoms with Crippen LogP contribution in [0, 0.1) is 13.8 Å². The van der Waals surface area contributed by atoms with Gasteiger partial charge in [0.2, 0.25) is 11.7 Å². The van der Waals surface area contributed by atoms with E-state index in [1.807, 2.05) is 50.2 Å². The number of aromatic nitrogens is 1. The van der Waals surface area contributed by atoms with Crippen molar-refractivity contribution < 1.29 is 19.1 Å². The van der Waals surface area contributed by atoms with Gasteiger partial charge < -0.3 is 14.6 Å². The Morgan fingerprint density at radius 3 is 2.54 bits per heavy atom. The Morgan fingerprint density at radius 1 is 1.14 bits per heavy atom. The summed E-state index contributed by atoms with van der Waals surface area (Å²) in [6.07, 6.45) is 2.60. The van der Waals surface area contributed by atoms with Crippen LogP contribution >= 0.6 is 0 Å². The molecule has 1 aliphatic carbocycles. The maximum atomic E-state index is 12.4. The molecule has 0 unspecified atom stereocenters. The van der Waals surface area contributed by atoms with Gasteiger partial charge in [-0.3, -0.25) is 14.4 Å². The molecular weight excluding hydrogens is 356 g/mol. The van der Waals surface area contributed by atoms with Crippen LogP contribution in [-0.2, 0) is 20.7 Å². The molecule has 1 saturated carbocycles. The van der Waals surface area contributed by atoms with Crippen LogP contribution in [0.25, 0.3) is 0 Å². The van der Waals surface area contributed by atoms with Crippen molar-refractivity contribution in [3.05, 3.63) is 58.9 Å². The topological polar surface area (TPSA) is 77.4 Å². The molecule has 148 valence electrons. The molecule has 1 N–H and O–H groups in total. The van der Waals surface area contributed by atoms with Gasteiger partial charge in [0.15, 0.2) is 6.61 Å². The Morgan fingerprint density at radius 2 is 1.86 bits per heavy atom. The first-order valence-electron chi connectivity index (χ1n) is 9.63. The van der Waals surface area contributed by atoms with Crippen LogP contribution in [0.5, 0.6) is 0 Å². The van der Waals surface area contributed by atoms with Gasteiger partial charge in [-0.25, -0.2) is 0 Å². The minimum atomic E-state index is -0.496. The van der Waals surface area contributed by atoms with Crippen LogP contribution in [0.4, 0.5) is 0 Å². The van der Waals surface area contributed by atoms with Crippen LogP contribution in [0.1, 0.15) is 52.6 Å². The second kappa shape index (κ2) is 8.87. The number of carbonyl (C=O) groups excluding carboxylic acids is 3. The van der Waals surface area contributed by atoms with Crippen molar-refractivity contribution in [3.63, 3.8) is 0 Å². The summed E-state index contributed by atoms with van der Waals surface area (Å²) >= 11 is 0. The number of nitrogens with zero attached hydrogens (tertiary/aromatic N) is 1. The first kappa shape index (κ1) is 19.9. The van der Waals surface area contributed by atoms with E-state index in [2.05, 4.69) is 9.88 Å². The Balaban J connectivity index is 1.39. The molecule has 1 fully saturated rings. The molecule has 3 rings (SSSR count). The third-order valence-corrected chi connectivity index (χ3v) is 4.92. The van der Waals surface area contributed by atoms with Crippen molar-refractivity contribution >= 4 is 17.7 Å². The maximum absolute atomic E-state index is 12.4. The highest BCUT2D eigenvalue weighted by Gasteiger charge is 2.28. The largest absolute Gasteiger partial charge is 0.457 e. The third-order valence-electron chi connectivity index (χ3n) is 4.92. The number of Topliss-reactive ketones (excluding diaryl/α,β-unsaturated/α-hetero) is 1. The van der Waals surface area contributed by atoms with Crippen molar-refractivity contribution in [2.45, 2.75) is 45.6 Å². The summed E-state index contributed by atoms with van der Waals surface area (Å²) in [5, 5.41) is 2.69. The quantitative estimate of drug-likeness (QED) is 0.534. The second-order valence-corrected chi connectivity index (χ2v) is 7.23. The van der Waals surface area contributed by atoms with E-state index >= 15 is 0 Å². The fraction of sp³-hybridized carbons (Fsp3) is 0.409. The number of hydrogen-bond donors (Lipinski definition) is 1. The van der Waals surface area contributed by atoms with E-state index < -0.39 is 5.97 Å². The minimum Gasteiger partial charge on any atom is -0.457 e. The Labute approximate surface area is 164 Å². The van der Waals surface area contributed by atoms with Gasteiger partial charge in [0.1, 0.15) is 0 Å². The van der Waals surface area contributed by atoms with Crippen LogP contribution < -0.4 is 5.32 Å². The summed E-state index contributed by atoms with van der Waals surface area (Å²) in [6.45, 7) is 3.84. The molecule has 1 heterocycles. The zero-order chi connectivity index (χ0) is 20.1. The molecule has 0 radical (unpaired) electrons. The van der Waals surface area contributed by atoms with Crippen LogP contribution in [0.3, 0.4) is 0 Å². The number of benzene rings is 1. The monoisotopic (exact) mass is 382 g/mol. The molecule has 1 aliphatic rings. The number of aryl methyl sites for hydroxylation is 1. The lowest BCUT2D eigenvalue weighted by atomic mass is 10.1. The molecule has 1 aromatic carbocycles. The lowest BCUT2D eigenvalue weighted by Crippen LogP contribution is -2.28. The molecule has 6 nitrogen and oxygen atoms in total. The molecule has 0 saturated heterocycles. The number of carbonyl (C=O) groups is 3. The third kappa shape index (κ3) is 5.09. The number of rotatable bonds is 9. The molecule has 1 aromatic heterocycles. The van der Waals surface area contributed by atoms with Gasteiger partial charge in [0, 0.05) is 29.5 Å². The van der Waals surface area contributed by atoms with Gasteiger partial charge in [-0.05, 0) is 38.3 Å². The average Bonchev–Trinajstić information content (AvgIpc) is 3.45. The number of ether oxygens (including phenoxy) is 1. The predicted molar refractivity (Wildman–Crippen MR) is 105 cm³/mol. The van der Waals surface area contributed by atoms with E-state index in [9.17, 15) is 14.4 Å². The number of ketones is 1. The first-order chi connectivity index (χ1) is 13.5. The molecule has 28 heavy (non-hydrogen) atoms. The second-order valence-electron chi connectivity index (χ2n) is 7.23. The van der Waals surface area contributed by atoms with Crippen molar-refractivity contribution in [2.75, 3.05) is 13.2 Å². The van der Waals surface area contributed by atoms with E-state index in [4.69, 9.17) is 4.74 Å². The number of hydrogen-bond acceptors (Lipinski definition) is 4. The smallest absolute Gasteiger partial charge is 0.308 e. The minimum absolute atomic E-state index is 0.0366.